The van der Waals surface area contributed by atoms with Crippen LogP contribution in [0.15, 0.2) is 18.2 Å². The molecule has 1 saturated heterocycles. The second-order valence-corrected chi connectivity index (χ2v) is 5.73. The summed E-state index contributed by atoms with van der Waals surface area (Å²) in [6.07, 6.45) is 3.88. The summed E-state index contributed by atoms with van der Waals surface area (Å²) in [5.74, 6) is 2.82. The molecule has 4 nitrogen and oxygen atoms in total. The van der Waals surface area contributed by atoms with Gasteiger partial charge in [-0.05, 0) is 42.9 Å². The number of fused-ring (bicyclic) bond motifs is 1. The van der Waals surface area contributed by atoms with E-state index in [4.69, 9.17) is 9.47 Å². The molecular formula is C16H21NO3. The molecular weight excluding hydrogens is 254 g/mol. The summed E-state index contributed by atoms with van der Waals surface area (Å²) in [6, 6.07) is 5.38. The molecule has 0 aromatic heterocycles. The van der Waals surface area contributed by atoms with Gasteiger partial charge < -0.3 is 14.4 Å². The quantitative estimate of drug-likeness (QED) is 0.851. The van der Waals surface area contributed by atoms with Gasteiger partial charge in [-0.25, -0.2) is 0 Å². The van der Waals surface area contributed by atoms with Gasteiger partial charge in [-0.2, -0.15) is 0 Å². The van der Waals surface area contributed by atoms with Crippen molar-refractivity contribution in [2.24, 2.45) is 11.8 Å². The largest absolute Gasteiger partial charge is 0.493 e. The molecule has 2 fully saturated rings. The van der Waals surface area contributed by atoms with Crippen LogP contribution >= 0.6 is 0 Å². The van der Waals surface area contributed by atoms with Gasteiger partial charge in [0.2, 0.25) is 0 Å². The third-order valence-electron chi connectivity index (χ3n) is 4.64. The molecule has 2 unspecified atom stereocenters. The number of amides is 1. The normalized spacial score (nSPS) is 24.6. The molecule has 1 heterocycles. The maximum atomic E-state index is 12.6. The summed E-state index contributed by atoms with van der Waals surface area (Å²) in [7, 11) is 3.19. The summed E-state index contributed by atoms with van der Waals surface area (Å²) < 4.78 is 10.5. The molecule has 4 heteroatoms. The summed E-state index contributed by atoms with van der Waals surface area (Å²) in [4.78, 5) is 14.6. The van der Waals surface area contributed by atoms with Gasteiger partial charge >= 0.3 is 0 Å². The Morgan fingerprint density at radius 3 is 2.35 bits per heavy atom. The Bertz CT molecular complexity index is 502. The predicted octanol–water partition coefficient (Wildman–Crippen LogP) is 2.58. The van der Waals surface area contributed by atoms with Gasteiger partial charge in [0.05, 0.1) is 14.2 Å². The highest BCUT2D eigenvalue weighted by atomic mass is 16.5. The van der Waals surface area contributed by atoms with Crippen LogP contribution in [-0.4, -0.2) is 38.1 Å². The van der Waals surface area contributed by atoms with Crippen LogP contribution in [0.5, 0.6) is 11.5 Å². The number of ether oxygens (including phenoxy) is 2. The zero-order chi connectivity index (χ0) is 14.1. The average Bonchev–Trinajstić information content (AvgIpc) is 3.06. The fraction of sp³-hybridized carbons (Fsp3) is 0.562. The van der Waals surface area contributed by atoms with E-state index in [0.29, 0.717) is 17.1 Å². The second kappa shape index (κ2) is 5.35. The Morgan fingerprint density at radius 2 is 1.75 bits per heavy atom. The zero-order valence-corrected chi connectivity index (χ0v) is 12.1. The number of benzene rings is 1. The molecule has 0 radical (unpaired) electrons. The summed E-state index contributed by atoms with van der Waals surface area (Å²) in [6.45, 7) is 1.83. The topological polar surface area (TPSA) is 38.8 Å². The van der Waals surface area contributed by atoms with Crippen molar-refractivity contribution in [2.45, 2.75) is 19.3 Å². The Labute approximate surface area is 119 Å². The number of rotatable bonds is 3. The molecule has 20 heavy (non-hydrogen) atoms. The van der Waals surface area contributed by atoms with E-state index in [1.165, 1.54) is 19.3 Å². The van der Waals surface area contributed by atoms with Crippen LogP contribution in [0.1, 0.15) is 29.6 Å². The first kappa shape index (κ1) is 13.3. The van der Waals surface area contributed by atoms with Gasteiger partial charge in [0.15, 0.2) is 11.5 Å². The first-order valence-corrected chi connectivity index (χ1v) is 7.24. The maximum absolute atomic E-state index is 12.6. The van der Waals surface area contributed by atoms with Gasteiger partial charge in [0.25, 0.3) is 5.91 Å². The number of hydrogen-bond donors (Lipinski definition) is 0. The van der Waals surface area contributed by atoms with E-state index in [9.17, 15) is 4.79 Å². The van der Waals surface area contributed by atoms with Crippen LogP contribution in [0.25, 0.3) is 0 Å². The van der Waals surface area contributed by atoms with Crippen LogP contribution in [0.4, 0.5) is 0 Å². The lowest BCUT2D eigenvalue weighted by molar-refractivity contribution is 0.0780. The molecule has 108 valence electrons. The summed E-state index contributed by atoms with van der Waals surface area (Å²) in [5.41, 5.74) is 0.683. The minimum Gasteiger partial charge on any atom is -0.493 e. The second-order valence-electron chi connectivity index (χ2n) is 5.73. The minimum absolute atomic E-state index is 0.111. The third kappa shape index (κ3) is 2.23. The lowest BCUT2D eigenvalue weighted by Crippen LogP contribution is -2.29. The van der Waals surface area contributed by atoms with Crippen LogP contribution in [0.2, 0.25) is 0 Å². The zero-order valence-electron chi connectivity index (χ0n) is 12.1. The van der Waals surface area contributed by atoms with E-state index in [1.54, 1.807) is 26.4 Å². The Balaban J connectivity index is 1.77. The SMILES string of the molecule is COc1ccc(C(=O)N2CC3CCCC3C2)cc1OC. The molecule has 1 amide bonds. The van der Waals surface area contributed by atoms with E-state index in [0.717, 1.165) is 24.9 Å². The van der Waals surface area contributed by atoms with Gasteiger partial charge in [0.1, 0.15) is 0 Å². The van der Waals surface area contributed by atoms with Crippen LogP contribution in [-0.2, 0) is 0 Å². The van der Waals surface area contributed by atoms with Crippen molar-refractivity contribution in [3.8, 4) is 11.5 Å². The monoisotopic (exact) mass is 275 g/mol. The number of carbonyl (C=O) groups excluding carboxylic acids is 1. The van der Waals surface area contributed by atoms with Crippen LogP contribution < -0.4 is 9.47 Å². The summed E-state index contributed by atoms with van der Waals surface area (Å²) in [5, 5.41) is 0. The molecule has 0 bridgehead atoms. The molecule has 1 aromatic rings. The number of methoxy groups -OCH3 is 2. The first-order valence-electron chi connectivity index (χ1n) is 7.24. The smallest absolute Gasteiger partial charge is 0.254 e. The van der Waals surface area contributed by atoms with E-state index in [1.807, 2.05) is 11.0 Å². The van der Waals surface area contributed by atoms with Gasteiger partial charge in [-0.15, -0.1) is 0 Å². The highest BCUT2D eigenvalue weighted by molar-refractivity contribution is 5.95. The summed E-state index contributed by atoms with van der Waals surface area (Å²) >= 11 is 0. The number of nitrogens with zero attached hydrogens (tertiary/aromatic N) is 1. The van der Waals surface area contributed by atoms with Gasteiger partial charge in [-0.3, -0.25) is 4.79 Å². The van der Waals surface area contributed by atoms with Gasteiger partial charge in [0, 0.05) is 18.7 Å². The molecule has 1 aliphatic carbocycles. The highest BCUT2D eigenvalue weighted by Gasteiger charge is 2.38. The van der Waals surface area contributed by atoms with Crippen LogP contribution in [0.3, 0.4) is 0 Å². The van der Waals surface area contributed by atoms with E-state index >= 15 is 0 Å². The fourth-order valence-corrected chi connectivity index (χ4v) is 3.55. The molecule has 1 aliphatic heterocycles. The Morgan fingerprint density at radius 1 is 1.10 bits per heavy atom. The fourth-order valence-electron chi connectivity index (χ4n) is 3.55. The van der Waals surface area contributed by atoms with E-state index < -0.39 is 0 Å². The van der Waals surface area contributed by atoms with Crippen molar-refractivity contribution in [1.29, 1.82) is 0 Å². The molecule has 0 spiro atoms. The van der Waals surface area contributed by atoms with Crippen molar-refractivity contribution in [1.82, 2.24) is 4.90 Å². The predicted molar refractivity (Wildman–Crippen MR) is 76.3 cm³/mol. The number of carbonyl (C=O) groups is 1. The third-order valence-corrected chi connectivity index (χ3v) is 4.64. The van der Waals surface area contributed by atoms with Crippen molar-refractivity contribution >= 4 is 5.91 Å². The van der Waals surface area contributed by atoms with Crippen molar-refractivity contribution in [3.63, 3.8) is 0 Å². The molecule has 2 atom stereocenters. The lowest BCUT2D eigenvalue weighted by Gasteiger charge is -2.18. The molecule has 2 aliphatic rings. The first-order chi connectivity index (χ1) is 9.72. The minimum atomic E-state index is 0.111. The lowest BCUT2D eigenvalue weighted by atomic mass is 10.0. The number of likely N-dealkylation sites (tertiary alicyclic amines) is 1. The molecule has 0 N–H and O–H groups in total. The van der Waals surface area contributed by atoms with Gasteiger partial charge in [-0.1, -0.05) is 6.42 Å². The number of hydrogen-bond acceptors (Lipinski definition) is 3. The molecule has 1 saturated carbocycles. The van der Waals surface area contributed by atoms with Crippen molar-refractivity contribution in [3.05, 3.63) is 23.8 Å². The van der Waals surface area contributed by atoms with Crippen LogP contribution in [0, 0.1) is 11.8 Å². The Hall–Kier alpha value is -1.71. The highest BCUT2D eigenvalue weighted by Crippen LogP contribution is 2.38. The molecule has 3 rings (SSSR count). The molecule has 1 aromatic carbocycles. The van der Waals surface area contributed by atoms with Crippen molar-refractivity contribution < 1.29 is 14.3 Å². The van der Waals surface area contributed by atoms with Crippen molar-refractivity contribution in [2.75, 3.05) is 27.3 Å². The maximum Gasteiger partial charge on any atom is 0.254 e. The Kier molecular flexibility index (Phi) is 3.55. The average molecular weight is 275 g/mol. The van der Waals surface area contributed by atoms with E-state index in [-0.39, 0.29) is 5.91 Å². The van der Waals surface area contributed by atoms with E-state index in [2.05, 4.69) is 0 Å². The standard InChI is InChI=1S/C16H21NO3/c1-19-14-7-6-11(8-15(14)20-2)16(18)17-9-12-4-3-5-13(12)10-17/h6-8,12-13H,3-5,9-10H2,1-2H3.